The van der Waals surface area contributed by atoms with Crippen LogP contribution in [0.3, 0.4) is 0 Å². The summed E-state index contributed by atoms with van der Waals surface area (Å²) in [5, 5.41) is 5.41. The molecule has 4 aromatic rings. The van der Waals surface area contributed by atoms with Gasteiger partial charge in [-0.05, 0) is 28.2 Å². The van der Waals surface area contributed by atoms with Crippen LogP contribution in [0.1, 0.15) is 48.0 Å². The van der Waals surface area contributed by atoms with Gasteiger partial charge in [0.1, 0.15) is 0 Å². The molecule has 1 heterocycles. The Bertz CT molecular complexity index is 1170. The van der Waals surface area contributed by atoms with E-state index in [2.05, 4.69) is 55.6 Å². The molecule has 0 radical (unpaired) electrons. The standard InChI is InChI=1S/C26H27N3O2/c1-26(2,3)21-15-13-19(14-16-21)17-29-23-12-8-7-11-22(23)24(27-29)25(30)28-31-18-20-9-5-4-6-10-20/h4-16H,17-18H2,1-3H3,(H,28,30). The lowest BCUT2D eigenvalue weighted by Crippen LogP contribution is -2.24. The van der Waals surface area contributed by atoms with Crippen molar-refractivity contribution in [1.82, 2.24) is 15.3 Å². The molecule has 1 N–H and O–H groups in total. The summed E-state index contributed by atoms with van der Waals surface area (Å²) in [4.78, 5) is 18.2. The zero-order valence-electron chi connectivity index (χ0n) is 18.1. The summed E-state index contributed by atoms with van der Waals surface area (Å²) in [6.45, 7) is 7.49. The van der Waals surface area contributed by atoms with E-state index in [9.17, 15) is 4.79 Å². The minimum atomic E-state index is -0.353. The number of nitrogens with one attached hydrogen (secondary N) is 1. The Kier molecular flexibility index (Phi) is 5.87. The van der Waals surface area contributed by atoms with Crippen molar-refractivity contribution in [2.45, 2.75) is 39.3 Å². The lowest BCUT2D eigenvalue weighted by molar-refractivity contribution is 0.0230. The number of rotatable bonds is 6. The van der Waals surface area contributed by atoms with E-state index >= 15 is 0 Å². The molecular formula is C26H27N3O2. The molecule has 31 heavy (non-hydrogen) atoms. The van der Waals surface area contributed by atoms with Crippen LogP contribution in [0.4, 0.5) is 0 Å². The topological polar surface area (TPSA) is 56.2 Å². The van der Waals surface area contributed by atoms with Gasteiger partial charge in [0.25, 0.3) is 5.91 Å². The number of hydrogen-bond acceptors (Lipinski definition) is 3. The van der Waals surface area contributed by atoms with Crippen molar-refractivity contribution < 1.29 is 9.63 Å². The molecule has 3 aromatic carbocycles. The van der Waals surface area contributed by atoms with Crippen LogP contribution in [-0.4, -0.2) is 15.7 Å². The van der Waals surface area contributed by atoms with Gasteiger partial charge in [-0.2, -0.15) is 5.10 Å². The molecule has 0 bridgehead atoms. The van der Waals surface area contributed by atoms with Gasteiger partial charge in [0.05, 0.1) is 18.7 Å². The first-order chi connectivity index (χ1) is 14.9. The minimum Gasteiger partial charge on any atom is -0.269 e. The van der Waals surface area contributed by atoms with Gasteiger partial charge in [-0.1, -0.05) is 93.6 Å². The molecule has 0 spiro atoms. The van der Waals surface area contributed by atoms with Crippen molar-refractivity contribution in [2.24, 2.45) is 0 Å². The Labute approximate surface area is 182 Å². The van der Waals surface area contributed by atoms with Gasteiger partial charge in [-0.3, -0.25) is 14.3 Å². The summed E-state index contributed by atoms with van der Waals surface area (Å²) >= 11 is 0. The van der Waals surface area contributed by atoms with Gasteiger partial charge in [-0.15, -0.1) is 0 Å². The molecule has 158 valence electrons. The predicted octanol–water partition coefficient (Wildman–Crippen LogP) is 5.24. The molecule has 0 aliphatic rings. The van der Waals surface area contributed by atoms with Gasteiger partial charge >= 0.3 is 0 Å². The highest BCUT2D eigenvalue weighted by molar-refractivity contribution is 6.04. The van der Waals surface area contributed by atoms with Crippen molar-refractivity contribution in [3.63, 3.8) is 0 Å². The SMILES string of the molecule is CC(C)(C)c1ccc(Cn2nc(C(=O)NOCc3ccccc3)c3ccccc32)cc1. The number of hydroxylamine groups is 1. The number of fused-ring (bicyclic) bond motifs is 1. The van der Waals surface area contributed by atoms with Gasteiger partial charge in [-0.25, -0.2) is 5.48 Å². The van der Waals surface area contributed by atoms with E-state index in [4.69, 9.17) is 4.84 Å². The molecule has 5 nitrogen and oxygen atoms in total. The lowest BCUT2D eigenvalue weighted by atomic mass is 9.87. The van der Waals surface area contributed by atoms with E-state index in [1.807, 2.05) is 59.3 Å². The van der Waals surface area contributed by atoms with Crippen LogP contribution in [0.25, 0.3) is 10.9 Å². The van der Waals surface area contributed by atoms with Crippen LogP contribution in [-0.2, 0) is 23.4 Å². The zero-order valence-corrected chi connectivity index (χ0v) is 18.1. The Morgan fingerprint density at radius 1 is 0.903 bits per heavy atom. The van der Waals surface area contributed by atoms with Gasteiger partial charge in [0, 0.05) is 5.39 Å². The Balaban J connectivity index is 1.52. The zero-order chi connectivity index (χ0) is 21.8. The smallest absolute Gasteiger partial charge is 0.269 e. The van der Waals surface area contributed by atoms with Crippen molar-refractivity contribution >= 4 is 16.8 Å². The van der Waals surface area contributed by atoms with Crippen LogP contribution < -0.4 is 5.48 Å². The van der Waals surface area contributed by atoms with Crippen LogP contribution >= 0.6 is 0 Å². The van der Waals surface area contributed by atoms with Crippen molar-refractivity contribution in [1.29, 1.82) is 0 Å². The fourth-order valence-electron chi connectivity index (χ4n) is 3.51. The highest BCUT2D eigenvalue weighted by Gasteiger charge is 2.18. The highest BCUT2D eigenvalue weighted by atomic mass is 16.6. The van der Waals surface area contributed by atoms with Crippen molar-refractivity contribution in [3.05, 3.63) is 101 Å². The molecule has 0 aliphatic carbocycles. The first-order valence-corrected chi connectivity index (χ1v) is 10.4. The van der Waals surface area contributed by atoms with Crippen LogP contribution in [0, 0.1) is 0 Å². The molecule has 1 amide bonds. The fraction of sp³-hybridized carbons (Fsp3) is 0.231. The monoisotopic (exact) mass is 413 g/mol. The average molecular weight is 414 g/mol. The maximum absolute atomic E-state index is 12.8. The molecule has 0 saturated heterocycles. The Hall–Kier alpha value is -3.44. The van der Waals surface area contributed by atoms with Crippen molar-refractivity contribution in [2.75, 3.05) is 0 Å². The van der Waals surface area contributed by atoms with Crippen molar-refractivity contribution in [3.8, 4) is 0 Å². The first kappa shape index (κ1) is 20.8. The second kappa shape index (κ2) is 8.74. The van der Waals surface area contributed by atoms with Crippen LogP contribution in [0.15, 0.2) is 78.9 Å². The predicted molar refractivity (Wildman–Crippen MR) is 123 cm³/mol. The van der Waals surface area contributed by atoms with Gasteiger partial charge < -0.3 is 0 Å². The summed E-state index contributed by atoms with van der Waals surface area (Å²) in [5.74, 6) is -0.353. The maximum Gasteiger partial charge on any atom is 0.295 e. The third-order valence-electron chi connectivity index (χ3n) is 5.27. The number of benzene rings is 3. The molecule has 0 saturated carbocycles. The largest absolute Gasteiger partial charge is 0.295 e. The summed E-state index contributed by atoms with van der Waals surface area (Å²) in [7, 11) is 0. The summed E-state index contributed by atoms with van der Waals surface area (Å²) in [5.41, 5.74) is 7.31. The number of amides is 1. The molecule has 0 aliphatic heterocycles. The van der Waals surface area contributed by atoms with E-state index in [1.54, 1.807) is 0 Å². The number of carbonyl (C=O) groups excluding carboxylic acids is 1. The minimum absolute atomic E-state index is 0.113. The van der Waals surface area contributed by atoms with Crippen LogP contribution in [0.2, 0.25) is 0 Å². The van der Waals surface area contributed by atoms with E-state index in [0.29, 0.717) is 18.8 Å². The molecule has 0 fully saturated rings. The van der Waals surface area contributed by atoms with E-state index < -0.39 is 0 Å². The van der Waals surface area contributed by atoms with Crippen LogP contribution in [0.5, 0.6) is 0 Å². The first-order valence-electron chi connectivity index (χ1n) is 10.4. The summed E-state index contributed by atoms with van der Waals surface area (Å²) in [6, 6.07) is 26.0. The average Bonchev–Trinajstić information content (AvgIpc) is 3.13. The third-order valence-corrected chi connectivity index (χ3v) is 5.27. The molecule has 4 rings (SSSR count). The number of hydrogen-bond donors (Lipinski definition) is 1. The molecule has 0 unspecified atom stereocenters. The number of para-hydroxylation sites is 1. The summed E-state index contributed by atoms with van der Waals surface area (Å²) in [6.07, 6.45) is 0. The Morgan fingerprint density at radius 3 is 2.29 bits per heavy atom. The fourth-order valence-corrected chi connectivity index (χ4v) is 3.51. The van der Waals surface area contributed by atoms with Gasteiger partial charge in [0.2, 0.25) is 0 Å². The number of nitrogens with zero attached hydrogens (tertiary/aromatic N) is 2. The number of carbonyl (C=O) groups is 1. The van der Waals surface area contributed by atoms with E-state index in [-0.39, 0.29) is 11.3 Å². The highest BCUT2D eigenvalue weighted by Crippen LogP contribution is 2.24. The summed E-state index contributed by atoms with van der Waals surface area (Å²) < 4.78 is 1.87. The van der Waals surface area contributed by atoms with Gasteiger partial charge in [0.15, 0.2) is 5.69 Å². The molecular weight excluding hydrogens is 386 g/mol. The van der Waals surface area contributed by atoms with E-state index in [1.165, 1.54) is 5.56 Å². The third kappa shape index (κ3) is 4.84. The lowest BCUT2D eigenvalue weighted by Gasteiger charge is -2.19. The molecule has 5 heteroatoms. The normalized spacial score (nSPS) is 11.6. The second-order valence-corrected chi connectivity index (χ2v) is 8.68. The maximum atomic E-state index is 12.8. The Morgan fingerprint density at radius 2 is 1.58 bits per heavy atom. The molecule has 0 atom stereocenters. The molecule has 1 aromatic heterocycles. The quantitative estimate of drug-likeness (QED) is 0.440. The van der Waals surface area contributed by atoms with E-state index in [0.717, 1.165) is 22.0 Å². The number of aromatic nitrogens is 2. The second-order valence-electron chi connectivity index (χ2n) is 8.68.